The zero-order chi connectivity index (χ0) is 11.8. The zero-order valence-corrected chi connectivity index (χ0v) is 10.0. The van der Waals surface area contributed by atoms with Crippen molar-refractivity contribution in [2.24, 2.45) is 0 Å². The molecule has 16 heavy (non-hydrogen) atoms. The van der Waals surface area contributed by atoms with E-state index in [4.69, 9.17) is 10.00 Å². The van der Waals surface area contributed by atoms with Crippen LogP contribution in [0.4, 0.5) is 5.00 Å². The molecule has 0 radical (unpaired) electrons. The first kappa shape index (κ1) is 11.3. The van der Waals surface area contributed by atoms with Crippen LogP contribution in [-0.4, -0.2) is 41.9 Å². The molecule has 2 rings (SSSR count). The molecule has 0 bridgehead atoms. The van der Waals surface area contributed by atoms with Gasteiger partial charge in [0, 0.05) is 7.11 Å². The Morgan fingerprint density at radius 1 is 1.69 bits per heavy atom. The van der Waals surface area contributed by atoms with Crippen LogP contribution in [0.15, 0.2) is 0 Å². The van der Waals surface area contributed by atoms with Gasteiger partial charge in [-0.3, -0.25) is 0 Å². The average molecular weight is 239 g/mol. The molecule has 0 amide bonds. The first-order chi connectivity index (χ1) is 7.59. The van der Waals surface area contributed by atoms with Crippen molar-refractivity contribution in [3.05, 3.63) is 11.3 Å². The second-order valence-corrected chi connectivity index (χ2v) is 4.83. The molecule has 0 aromatic carbocycles. The van der Waals surface area contributed by atoms with Crippen molar-refractivity contribution in [2.75, 3.05) is 31.7 Å². The van der Waals surface area contributed by atoms with Crippen molar-refractivity contribution in [3.63, 3.8) is 0 Å². The molecule has 0 aliphatic carbocycles. The van der Waals surface area contributed by atoms with E-state index >= 15 is 0 Å². The molecule has 0 spiro atoms. The smallest absolute Gasteiger partial charge is 0.130 e. The minimum Gasteiger partial charge on any atom is -0.384 e. The molecule has 86 valence electrons. The Bertz CT molecular complexity index is 432. The normalized spacial score (nSPS) is 18.0. The molecule has 0 unspecified atom stereocenters. The van der Waals surface area contributed by atoms with E-state index in [1.165, 1.54) is 11.5 Å². The summed E-state index contributed by atoms with van der Waals surface area (Å²) >= 11 is 1.31. The molecule has 0 saturated carbocycles. The van der Waals surface area contributed by atoms with E-state index in [0.29, 0.717) is 25.3 Å². The van der Waals surface area contributed by atoms with Crippen LogP contribution in [0.2, 0.25) is 0 Å². The van der Waals surface area contributed by atoms with E-state index < -0.39 is 5.60 Å². The van der Waals surface area contributed by atoms with Crippen LogP contribution in [0.1, 0.15) is 11.3 Å². The Kier molecular flexibility index (Phi) is 2.84. The quantitative estimate of drug-likeness (QED) is 0.832. The maximum absolute atomic E-state index is 9.95. The first-order valence-electron chi connectivity index (χ1n) is 4.92. The van der Waals surface area contributed by atoms with Gasteiger partial charge in [0.05, 0.1) is 25.4 Å². The molecular weight excluding hydrogens is 226 g/mol. The van der Waals surface area contributed by atoms with Crippen molar-refractivity contribution in [3.8, 4) is 6.07 Å². The van der Waals surface area contributed by atoms with Crippen LogP contribution >= 0.6 is 11.5 Å². The summed E-state index contributed by atoms with van der Waals surface area (Å²) in [5.41, 5.74) is 0.591. The number of aromatic nitrogens is 1. The van der Waals surface area contributed by atoms with Gasteiger partial charge in [-0.15, -0.1) is 0 Å². The van der Waals surface area contributed by atoms with Gasteiger partial charge in [0.25, 0.3) is 0 Å². The van der Waals surface area contributed by atoms with Gasteiger partial charge in [-0.25, -0.2) is 0 Å². The summed E-state index contributed by atoms with van der Waals surface area (Å²) in [5.74, 6) is 0. The number of aryl methyl sites for hydroxylation is 1. The number of anilines is 1. The zero-order valence-electron chi connectivity index (χ0n) is 9.23. The summed E-state index contributed by atoms with van der Waals surface area (Å²) < 4.78 is 9.09. The molecule has 1 aliphatic rings. The van der Waals surface area contributed by atoms with Gasteiger partial charge >= 0.3 is 0 Å². The standard InChI is InChI=1S/C10H13N3O2S/c1-7-8(3-11)9(16-12-7)13-4-10(14,5-13)6-15-2/h14H,4-6H2,1-2H3. The molecule has 1 fully saturated rings. The Labute approximate surface area is 98.0 Å². The molecule has 1 aliphatic heterocycles. The van der Waals surface area contributed by atoms with Crippen LogP contribution in [-0.2, 0) is 4.74 Å². The molecule has 1 aromatic heterocycles. The molecule has 2 heterocycles. The van der Waals surface area contributed by atoms with E-state index in [-0.39, 0.29) is 0 Å². The summed E-state index contributed by atoms with van der Waals surface area (Å²) in [4.78, 5) is 1.96. The van der Waals surface area contributed by atoms with Gasteiger partial charge in [-0.05, 0) is 18.5 Å². The third-order valence-corrected chi connectivity index (χ3v) is 3.63. The van der Waals surface area contributed by atoms with Crippen molar-refractivity contribution in [1.29, 1.82) is 5.26 Å². The fourth-order valence-electron chi connectivity index (χ4n) is 1.87. The third-order valence-electron chi connectivity index (χ3n) is 2.63. The lowest BCUT2D eigenvalue weighted by Gasteiger charge is -2.46. The lowest BCUT2D eigenvalue weighted by molar-refractivity contribution is -0.0500. The minimum atomic E-state index is -0.778. The lowest BCUT2D eigenvalue weighted by atomic mass is 9.95. The summed E-state index contributed by atoms with van der Waals surface area (Å²) in [7, 11) is 1.57. The molecule has 1 aromatic rings. The van der Waals surface area contributed by atoms with E-state index in [9.17, 15) is 5.11 Å². The number of β-amino-alcohol motifs (C(OH)–C–C–N with tert-alkyl or cyclic N) is 1. The Morgan fingerprint density at radius 3 is 2.94 bits per heavy atom. The van der Waals surface area contributed by atoms with E-state index in [0.717, 1.165) is 10.7 Å². The number of nitrogens with zero attached hydrogens (tertiary/aromatic N) is 3. The first-order valence-corrected chi connectivity index (χ1v) is 5.69. The van der Waals surface area contributed by atoms with Gasteiger partial charge in [0.15, 0.2) is 0 Å². The van der Waals surface area contributed by atoms with E-state index in [1.54, 1.807) is 7.11 Å². The topological polar surface area (TPSA) is 69.4 Å². The molecule has 6 heteroatoms. The molecule has 1 saturated heterocycles. The number of rotatable bonds is 3. The van der Waals surface area contributed by atoms with Crippen LogP contribution in [0.25, 0.3) is 0 Å². The van der Waals surface area contributed by atoms with Crippen LogP contribution in [0.3, 0.4) is 0 Å². The van der Waals surface area contributed by atoms with Gasteiger partial charge in [-0.2, -0.15) is 9.64 Å². The summed E-state index contributed by atoms with van der Waals surface area (Å²) in [6.45, 7) is 3.14. The molecule has 1 N–H and O–H groups in total. The molecular formula is C10H13N3O2S. The van der Waals surface area contributed by atoms with Crippen molar-refractivity contribution >= 4 is 16.5 Å². The predicted molar refractivity (Wildman–Crippen MR) is 60.6 cm³/mol. The number of aliphatic hydroxyl groups is 1. The van der Waals surface area contributed by atoms with Crippen LogP contribution in [0, 0.1) is 18.3 Å². The maximum Gasteiger partial charge on any atom is 0.130 e. The van der Waals surface area contributed by atoms with Gasteiger partial charge in [0.2, 0.25) is 0 Å². The fourth-order valence-corrected chi connectivity index (χ4v) is 2.71. The van der Waals surface area contributed by atoms with Crippen LogP contribution in [0.5, 0.6) is 0 Å². The number of ether oxygens (including phenoxy) is 1. The second kappa shape index (κ2) is 4.01. The number of hydrogen-bond donors (Lipinski definition) is 1. The maximum atomic E-state index is 9.95. The fraction of sp³-hybridized carbons (Fsp3) is 0.600. The largest absolute Gasteiger partial charge is 0.384 e. The van der Waals surface area contributed by atoms with Crippen LogP contribution < -0.4 is 4.90 Å². The average Bonchev–Trinajstić information content (AvgIpc) is 2.56. The molecule has 5 nitrogen and oxygen atoms in total. The highest BCUT2D eigenvalue weighted by molar-refractivity contribution is 7.10. The minimum absolute atomic E-state index is 0.323. The van der Waals surface area contributed by atoms with Crippen molar-refractivity contribution < 1.29 is 9.84 Å². The highest BCUT2D eigenvalue weighted by Crippen LogP contribution is 2.34. The SMILES string of the molecule is COCC1(O)CN(c2snc(C)c2C#N)C1. The predicted octanol–water partition coefficient (Wildman–Crippen LogP) is 0.521. The Balaban J connectivity index is 2.10. The Hall–Kier alpha value is -1.16. The van der Waals surface area contributed by atoms with Gasteiger partial charge in [0.1, 0.15) is 22.2 Å². The van der Waals surface area contributed by atoms with Gasteiger partial charge in [-0.1, -0.05) is 0 Å². The highest BCUT2D eigenvalue weighted by Gasteiger charge is 2.43. The number of methoxy groups -OCH3 is 1. The summed E-state index contributed by atoms with van der Waals surface area (Å²) in [6, 6.07) is 2.15. The lowest BCUT2D eigenvalue weighted by Crippen LogP contribution is -2.64. The van der Waals surface area contributed by atoms with Gasteiger partial charge < -0.3 is 14.7 Å². The monoisotopic (exact) mass is 239 g/mol. The van der Waals surface area contributed by atoms with E-state index in [2.05, 4.69) is 10.4 Å². The Morgan fingerprint density at radius 2 is 2.38 bits per heavy atom. The highest BCUT2D eigenvalue weighted by atomic mass is 32.1. The van der Waals surface area contributed by atoms with Crippen molar-refractivity contribution in [1.82, 2.24) is 4.37 Å². The second-order valence-electron chi connectivity index (χ2n) is 4.07. The molecule has 0 atom stereocenters. The van der Waals surface area contributed by atoms with E-state index in [1.807, 2.05) is 11.8 Å². The number of nitriles is 1. The summed E-state index contributed by atoms with van der Waals surface area (Å²) in [6.07, 6.45) is 0. The number of hydrogen-bond acceptors (Lipinski definition) is 6. The summed E-state index contributed by atoms with van der Waals surface area (Å²) in [5, 5.41) is 19.8. The third kappa shape index (κ3) is 1.78. The van der Waals surface area contributed by atoms with Crippen molar-refractivity contribution in [2.45, 2.75) is 12.5 Å².